The van der Waals surface area contributed by atoms with Gasteiger partial charge in [-0.1, -0.05) is 12.1 Å². The molecule has 0 amide bonds. The predicted molar refractivity (Wildman–Crippen MR) is 84.2 cm³/mol. The number of aromatic nitrogens is 2. The Morgan fingerprint density at radius 1 is 1.05 bits per heavy atom. The Morgan fingerprint density at radius 2 is 1.62 bits per heavy atom. The number of hydrogen-bond acceptors (Lipinski definition) is 2. The Kier molecular flexibility index (Phi) is 9.38. The van der Waals surface area contributed by atoms with E-state index < -0.39 is 0 Å². The van der Waals surface area contributed by atoms with Crippen molar-refractivity contribution in [2.75, 3.05) is 0 Å². The van der Waals surface area contributed by atoms with Gasteiger partial charge >= 0.3 is 0 Å². The second kappa shape index (κ2) is 9.57. The van der Waals surface area contributed by atoms with Crippen molar-refractivity contribution < 1.29 is 59.1 Å². The number of nitrogens with zero attached hydrogens (tertiary/aromatic N) is 2. The summed E-state index contributed by atoms with van der Waals surface area (Å²) < 4.78 is 2.12. The van der Waals surface area contributed by atoms with Crippen LogP contribution in [0.3, 0.4) is 0 Å². The summed E-state index contributed by atoms with van der Waals surface area (Å²) in [6, 6.07) is 12.5. The monoisotopic (exact) mass is 423 g/mol. The summed E-state index contributed by atoms with van der Waals surface area (Å²) in [6.45, 7) is 3.44. The van der Waals surface area contributed by atoms with Crippen LogP contribution in [0.4, 0.5) is 0 Å². The smallest absolute Gasteiger partial charge is 0.238 e. The first-order chi connectivity index (χ1) is 9.09. The molecule has 0 aliphatic carbocycles. The molecule has 0 aliphatic heterocycles. The Balaban J connectivity index is 0.000000602. The van der Waals surface area contributed by atoms with E-state index in [2.05, 4.69) is 53.1 Å². The number of rotatable bonds is 0. The molecule has 0 spiro atoms. The molecular weight excluding hydrogens is 400 g/mol. The summed E-state index contributed by atoms with van der Waals surface area (Å²) in [5, 5.41) is 10.5. The van der Waals surface area contributed by atoms with E-state index in [1.165, 1.54) is 16.3 Å². The zero-order chi connectivity index (χ0) is 13.8. The Hall–Kier alpha value is -0.416. The number of fused-ring (bicyclic) bond motifs is 3. The van der Waals surface area contributed by atoms with E-state index in [1.807, 2.05) is 12.3 Å². The number of aliphatic hydroxyl groups is 1. The van der Waals surface area contributed by atoms with E-state index in [1.54, 1.807) is 13.8 Å². The molecule has 3 rings (SSSR count). The number of benzene rings is 1. The minimum Gasteiger partial charge on any atom is -0.394 e. The topological polar surface area (TPSA) is 37.0 Å². The van der Waals surface area contributed by atoms with Gasteiger partial charge in [-0.2, -0.15) is 4.57 Å². The molecule has 0 atom stereocenters. The van der Waals surface area contributed by atoms with Crippen LogP contribution in [0, 0.1) is 56.8 Å². The van der Waals surface area contributed by atoms with Crippen molar-refractivity contribution in [3.05, 3.63) is 56.2 Å². The van der Waals surface area contributed by atoms with Crippen LogP contribution in [-0.2, 0) is 7.05 Å². The average molecular weight is 422 g/mol. The molecule has 0 unspecified atom stereocenters. The molecule has 1 N–H and O–H groups in total. The molecule has 3 aromatic rings. The van der Waals surface area contributed by atoms with E-state index in [0.29, 0.717) is 0 Å². The van der Waals surface area contributed by atoms with Crippen molar-refractivity contribution in [2.45, 2.75) is 20.0 Å². The maximum atomic E-state index is 8.06. The molecule has 1 radical (unpaired) electrons. The molecule has 3 nitrogen and oxygen atoms in total. The van der Waals surface area contributed by atoms with Crippen LogP contribution >= 0.6 is 0 Å². The first-order valence-corrected chi connectivity index (χ1v) is 6.40. The summed E-state index contributed by atoms with van der Waals surface area (Å²) in [5.41, 5.74) is 2.26. The molecule has 0 fully saturated rings. The molecule has 1 aromatic carbocycles. The maximum Gasteiger partial charge on any atom is 0.238 e. The van der Waals surface area contributed by atoms with Crippen molar-refractivity contribution in [1.82, 2.24) is 4.98 Å². The number of aliphatic hydroxyl groups excluding tert-OH is 1. The summed E-state index contributed by atoms with van der Waals surface area (Å²) >= 11 is 0. The van der Waals surface area contributed by atoms with Crippen LogP contribution in [-0.4, -0.2) is 16.2 Å². The summed E-state index contributed by atoms with van der Waals surface area (Å²) in [4.78, 5) is 4.45. The Morgan fingerprint density at radius 3 is 2.29 bits per heavy atom. The Labute approximate surface area is 167 Å². The maximum absolute atomic E-state index is 8.06. The summed E-state index contributed by atoms with van der Waals surface area (Å²) in [6.07, 6.45) is 3.73. The van der Waals surface area contributed by atoms with Gasteiger partial charge in [0, 0.05) is 78.5 Å². The van der Waals surface area contributed by atoms with E-state index in [-0.39, 0.29) is 62.9 Å². The van der Waals surface area contributed by atoms with Crippen molar-refractivity contribution in [1.29, 1.82) is 0 Å². The first kappa shape index (κ1) is 20.6. The van der Waals surface area contributed by atoms with Crippen LogP contribution < -0.4 is 4.57 Å². The van der Waals surface area contributed by atoms with Gasteiger partial charge < -0.3 is 12.5 Å². The fourth-order valence-corrected chi connectivity index (χ4v) is 2.00. The van der Waals surface area contributed by atoms with Gasteiger partial charge in [-0.05, 0) is 32.0 Å². The van der Waals surface area contributed by atoms with E-state index >= 15 is 0 Å². The molecular formula is C17H22EuN2O. The number of hydrogen-bond donors (Lipinski definition) is 1. The minimum atomic E-state index is -0.167. The number of pyridine rings is 2. The van der Waals surface area contributed by atoms with E-state index in [4.69, 9.17) is 5.11 Å². The predicted octanol–water partition coefficient (Wildman–Crippen LogP) is 3.05. The van der Waals surface area contributed by atoms with E-state index in [9.17, 15) is 0 Å². The third kappa shape index (κ3) is 5.37. The average Bonchev–Trinajstić information content (AvgIpc) is 2.38. The van der Waals surface area contributed by atoms with Gasteiger partial charge in [0.05, 0.1) is 0 Å². The molecule has 2 heterocycles. The molecule has 21 heavy (non-hydrogen) atoms. The van der Waals surface area contributed by atoms with Crippen molar-refractivity contribution in [3.8, 4) is 0 Å². The van der Waals surface area contributed by atoms with Gasteiger partial charge in [-0.15, -0.1) is 0 Å². The normalized spacial score (nSPS) is 9.57. The van der Waals surface area contributed by atoms with Crippen LogP contribution in [0.2, 0.25) is 0 Å². The van der Waals surface area contributed by atoms with Crippen molar-refractivity contribution in [3.63, 3.8) is 0 Å². The molecule has 2 aromatic heterocycles. The zero-order valence-corrected chi connectivity index (χ0v) is 15.3. The fourth-order valence-electron chi connectivity index (χ4n) is 2.00. The van der Waals surface area contributed by atoms with Gasteiger partial charge in [-0.25, -0.2) is 4.98 Å². The SMILES string of the molecule is CC(C)O.C[n+]1cccc2ccc3cccnc3c21.[CH3-].[Eu]. The second-order valence-corrected chi connectivity index (χ2v) is 4.79. The van der Waals surface area contributed by atoms with Crippen molar-refractivity contribution >= 4 is 21.8 Å². The minimum absolute atomic E-state index is 0. The number of aryl methyl sites for hydroxylation is 1. The van der Waals surface area contributed by atoms with Crippen LogP contribution in [0.15, 0.2) is 48.8 Å². The van der Waals surface area contributed by atoms with Gasteiger partial charge in [0.2, 0.25) is 5.52 Å². The molecule has 0 aliphatic rings. The first-order valence-electron chi connectivity index (χ1n) is 6.40. The quantitative estimate of drug-likeness (QED) is 0.344. The Bertz CT molecular complexity index is 696. The molecule has 0 bridgehead atoms. The largest absolute Gasteiger partial charge is 0.394 e. The van der Waals surface area contributed by atoms with Crippen LogP contribution in [0.5, 0.6) is 0 Å². The van der Waals surface area contributed by atoms with Gasteiger partial charge in [-0.3, -0.25) is 0 Å². The van der Waals surface area contributed by atoms with Gasteiger partial charge in [0.15, 0.2) is 6.20 Å². The third-order valence-corrected chi connectivity index (χ3v) is 2.72. The standard InChI is InChI=1S/C13H11N2.C3H8O.CH3.Eu/c1-15-9-3-5-11-7-6-10-4-2-8-14-12(10)13(11)15;1-3(2)4;;/h2-9H,1H3;3-4H,1-2H3;1H3;/q+1;;-1;. The molecule has 0 saturated heterocycles. The molecule has 4 heteroatoms. The summed E-state index contributed by atoms with van der Waals surface area (Å²) in [5.74, 6) is 0. The van der Waals surface area contributed by atoms with Gasteiger partial charge in [0.1, 0.15) is 12.6 Å². The second-order valence-electron chi connectivity index (χ2n) is 4.79. The summed E-state index contributed by atoms with van der Waals surface area (Å²) in [7, 11) is 2.05. The fraction of sp³-hybridized carbons (Fsp3) is 0.235. The van der Waals surface area contributed by atoms with Crippen LogP contribution in [0.25, 0.3) is 21.8 Å². The van der Waals surface area contributed by atoms with Gasteiger partial charge in [0.25, 0.3) is 0 Å². The molecule has 113 valence electrons. The zero-order valence-electron chi connectivity index (χ0n) is 12.9. The third-order valence-electron chi connectivity index (χ3n) is 2.72. The molecule has 0 saturated carbocycles. The van der Waals surface area contributed by atoms with E-state index in [0.717, 1.165) is 5.52 Å². The van der Waals surface area contributed by atoms with Crippen molar-refractivity contribution in [2.24, 2.45) is 7.05 Å². The van der Waals surface area contributed by atoms with Crippen LogP contribution in [0.1, 0.15) is 13.8 Å².